The van der Waals surface area contributed by atoms with Gasteiger partial charge in [0.2, 0.25) is 5.13 Å². The topological polar surface area (TPSA) is 111 Å². The van der Waals surface area contributed by atoms with E-state index in [9.17, 15) is 14.7 Å². The average molecular weight is 674 g/mol. The van der Waals surface area contributed by atoms with E-state index >= 15 is 0 Å². The summed E-state index contributed by atoms with van der Waals surface area (Å²) in [5.41, 5.74) is 3.20. The first-order valence-electron chi connectivity index (χ1n) is 15.8. The van der Waals surface area contributed by atoms with E-state index in [-0.39, 0.29) is 16.5 Å². The van der Waals surface area contributed by atoms with E-state index in [1.165, 1.54) is 33.6 Å². The molecule has 3 aromatic carbocycles. The molecule has 1 aromatic heterocycles. The third kappa shape index (κ3) is 7.97. The maximum atomic E-state index is 13.8. The third-order valence-electron chi connectivity index (χ3n) is 7.56. The van der Waals surface area contributed by atoms with Gasteiger partial charge in [0.05, 0.1) is 31.4 Å². The second-order valence-corrected chi connectivity index (χ2v) is 13.1. The SMILES string of the molecule is CCCCCOc1ccc(C2C(=C(O)c3ccc(OCC)cc3)C(=O)C(=O)N2c2nnc(SCc3ccc(C)cc3)s2)cc1OCC. The predicted molar refractivity (Wildman–Crippen MR) is 186 cm³/mol. The summed E-state index contributed by atoms with van der Waals surface area (Å²) in [7, 11) is 0. The molecule has 2 heterocycles. The normalized spacial score (nSPS) is 15.7. The Labute approximate surface area is 283 Å². The number of ether oxygens (including phenoxy) is 3. The van der Waals surface area contributed by atoms with Crippen LogP contribution in [0.25, 0.3) is 5.76 Å². The van der Waals surface area contributed by atoms with Crippen molar-refractivity contribution in [1.82, 2.24) is 10.2 Å². The number of hydrogen-bond acceptors (Lipinski definition) is 10. The zero-order valence-corrected chi connectivity index (χ0v) is 28.7. The molecular formula is C36H39N3O6S2. The molecule has 1 N–H and O–H groups in total. The standard InChI is InChI=1S/C36H39N3O6S2/c1-5-8-9-20-45-28-19-16-26(21-29(28)44-7-3)31-30(32(40)25-14-17-27(18-15-25)43-6-2)33(41)34(42)39(31)35-37-38-36(47-35)46-22-24-12-10-23(4)11-13-24/h10-19,21,31,40H,5-9,20,22H2,1-4H3. The minimum absolute atomic E-state index is 0.0534. The number of rotatable bonds is 15. The van der Waals surface area contributed by atoms with Crippen LogP contribution in [-0.2, 0) is 15.3 Å². The number of unbranched alkanes of at least 4 members (excludes halogenated alkanes) is 2. The number of thioether (sulfide) groups is 1. The number of anilines is 1. The zero-order chi connectivity index (χ0) is 33.3. The van der Waals surface area contributed by atoms with Crippen LogP contribution in [0.1, 0.15) is 68.3 Å². The van der Waals surface area contributed by atoms with Gasteiger partial charge in [-0.15, -0.1) is 10.2 Å². The van der Waals surface area contributed by atoms with E-state index in [0.29, 0.717) is 58.3 Å². The van der Waals surface area contributed by atoms with E-state index in [1.807, 2.05) is 20.8 Å². The molecule has 1 amide bonds. The maximum absolute atomic E-state index is 13.8. The van der Waals surface area contributed by atoms with Gasteiger partial charge in [0, 0.05) is 11.3 Å². The summed E-state index contributed by atoms with van der Waals surface area (Å²) in [5, 5.41) is 20.5. The van der Waals surface area contributed by atoms with Gasteiger partial charge in [-0.05, 0) is 74.7 Å². The van der Waals surface area contributed by atoms with Crippen molar-refractivity contribution >= 4 is 45.7 Å². The fourth-order valence-corrected chi connectivity index (χ4v) is 7.00. The summed E-state index contributed by atoms with van der Waals surface area (Å²) >= 11 is 2.73. The number of amides is 1. The predicted octanol–water partition coefficient (Wildman–Crippen LogP) is 8.13. The molecular weight excluding hydrogens is 635 g/mol. The molecule has 5 rings (SSSR count). The van der Waals surface area contributed by atoms with Crippen LogP contribution >= 0.6 is 23.1 Å². The summed E-state index contributed by atoms with van der Waals surface area (Å²) in [6.45, 7) is 9.35. The van der Waals surface area contributed by atoms with Gasteiger partial charge in [-0.25, -0.2) is 0 Å². The van der Waals surface area contributed by atoms with Crippen molar-refractivity contribution in [2.75, 3.05) is 24.7 Å². The summed E-state index contributed by atoms with van der Waals surface area (Å²) in [6.07, 6.45) is 3.04. The lowest BCUT2D eigenvalue weighted by Crippen LogP contribution is -2.29. The van der Waals surface area contributed by atoms with E-state index < -0.39 is 17.7 Å². The first-order valence-corrected chi connectivity index (χ1v) is 17.6. The van der Waals surface area contributed by atoms with Gasteiger partial charge in [-0.3, -0.25) is 14.5 Å². The van der Waals surface area contributed by atoms with Gasteiger partial charge in [-0.2, -0.15) is 0 Å². The summed E-state index contributed by atoms with van der Waals surface area (Å²) < 4.78 is 18.2. The Bertz CT molecular complexity index is 1720. The van der Waals surface area contributed by atoms with Crippen molar-refractivity contribution in [2.45, 2.75) is 63.1 Å². The highest BCUT2D eigenvalue weighted by Gasteiger charge is 2.48. The molecule has 0 spiro atoms. The van der Waals surface area contributed by atoms with E-state index in [1.54, 1.807) is 42.5 Å². The molecule has 1 aliphatic heterocycles. The number of aliphatic hydroxyl groups is 1. The minimum Gasteiger partial charge on any atom is -0.507 e. The van der Waals surface area contributed by atoms with E-state index in [2.05, 4.69) is 41.4 Å². The van der Waals surface area contributed by atoms with Crippen LogP contribution in [0.3, 0.4) is 0 Å². The molecule has 1 unspecified atom stereocenters. The molecule has 0 aliphatic carbocycles. The van der Waals surface area contributed by atoms with Crippen molar-refractivity contribution in [2.24, 2.45) is 0 Å². The monoisotopic (exact) mass is 673 g/mol. The van der Waals surface area contributed by atoms with Crippen molar-refractivity contribution in [1.29, 1.82) is 0 Å². The Morgan fingerprint density at radius 3 is 2.34 bits per heavy atom. The minimum atomic E-state index is -0.988. The number of ketones is 1. The number of carbonyl (C=O) groups excluding carboxylic acids is 2. The van der Waals surface area contributed by atoms with Crippen molar-refractivity contribution in [3.8, 4) is 17.2 Å². The summed E-state index contributed by atoms with van der Waals surface area (Å²) in [5.74, 6) is 0.444. The van der Waals surface area contributed by atoms with E-state index in [0.717, 1.165) is 24.8 Å². The van der Waals surface area contributed by atoms with Crippen LogP contribution in [0.4, 0.5) is 5.13 Å². The molecule has 1 saturated heterocycles. The second kappa shape index (κ2) is 16.0. The number of aliphatic hydroxyl groups excluding tert-OH is 1. The number of benzene rings is 3. The Morgan fingerprint density at radius 2 is 1.64 bits per heavy atom. The molecule has 1 atom stereocenters. The van der Waals surface area contributed by atoms with Crippen molar-refractivity contribution in [3.05, 3.63) is 94.6 Å². The molecule has 1 aliphatic rings. The largest absolute Gasteiger partial charge is 0.507 e. The van der Waals surface area contributed by atoms with Crippen LogP contribution in [-0.4, -0.2) is 46.8 Å². The summed E-state index contributed by atoms with van der Waals surface area (Å²) in [6, 6.07) is 19.4. The molecule has 0 saturated carbocycles. The Balaban J connectivity index is 1.54. The smallest absolute Gasteiger partial charge is 0.301 e. The van der Waals surface area contributed by atoms with Crippen LogP contribution in [0, 0.1) is 6.92 Å². The Morgan fingerprint density at radius 1 is 0.894 bits per heavy atom. The molecule has 9 nitrogen and oxygen atoms in total. The molecule has 0 radical (unpaired) electrons. The lowest BCUT2D eigenvalue weighted by molar-refractivity contribution is -0.132. The molecule has 4 aromatic rings. The highest BCUT2D eigenvalue weighted by Crippen LogP contribution is 2.46. The quantitative estimate of drug-likeness (QED) is 0.0334. The van der Waals surface area contributed by atoms with Gasteiger partial charge < -0.3 is 19.3 Å². The Kier molecular flexibility index (Phi) is 11.6. The third-order valence-corrected chi connectivity index (χ3v) is 9.68. The van der Waals surface area contributed by atoms with E-state index in [4.69, 9.17) is 14.2 Å². The van der Waals surface area contributed by atoms with Gasteiger partial charge >= 0.3 is 5.91 Å². The first-order chi connectivity index (χ1) is 22.8. The van der Waals surface area contributed by atoms with Gasteiger partial charge in [0.1, 0.15) is 11.5 Å². The van der Waals surface area contributed by atoms with Crippen LogP contribution in [0.2, 0.25) is 0 Å². The molecule has 1 fully saturated rings. The zero-order valence-electron chi connectivity index (χ0n) is 27.0. The number of aromatic nitrogens is 2. The fourth-order valence-electron chi connectivity index (χ4n) is 5.18. The lowest BCUT2D eigenvalue weighted by atomic mass is 9.95. The molecule has 11 heteroatoms. The first kappa shape index (κ1) is 34.0. The lowest BCUT2D eigenvalue weighted by Gasteiger charge is -2.23. The number of nitrogens with zero attached hydrogens (tertiary/aromatic N) is 3. The summed E-state index contributed by atoms with van der Waals surface area (Å²) in [4.78, 5) is 28.8. The number of carbonyl (C=O) groups is 2. The van der Waals surface area contributed by atoms with Crippen molar-refractivity contribution in [3.63, 3.8) is 0 Å². The molecule has 246 valence electrons. The highest BCUT2D eigenvalue weighted by atomic mass is 32.2. The van der Waals surface area contributed by atoms with Gasteiger partial charge in [0.15, 0.2) is 15.8 Å². The number of aryl methyl sites for hydroxylation is 1. The number of hydrogen-bond donors (Lipinski definition) is 1. The number of Topliss-reactive ketones (excluding diaryl/α,β-unsaturated/α-hetero) is 1. The van der Waals surface area contributed by atoms with Crippen LogP contribution < -0.4 is 19.1 Å². The molecule has 47 heavy (non-hydrogen) atoms. The van der Waals surface area contributed by atoms with Crippen LogP contribution in [0.5, 0.6) is 17.2 Å². The fraction of sp³-hybridized carbons (Fsp3) is 0.333. The van der Waals surface area contributed by atoms with Gasteiger partial charge in [0.25, 0.3) is 5.78 Å². The Hall–Kier alpha value is -4.35. The highest BCUT2D eigenvalue weighted by molar-refractivity contribution is 8.00. The second-order valence-electron chi connectivity index (χ2n) is 10.9. The van der Waals surface area contributed by atoms with Crippen molar-refractivity contribution < 1.29 is 28.9 Å². The van der Waals surface area contributed by atoms with Gasteiger partial charge in [-0.1, -0.05) is 78.8 Å². The molecule has 0 bridgehead atoms. The maximum Gasteiger partial charge on any atom is 0.301 e. The van der Waals surface area contributed by atoms with Crippen LogP contribution in [0.15, 0.2) is 76.6 Å². The average Bonchev–Trinajstić information content (AvgIpc) is 3.65.